The monoisotopic (exact) mass is 267 g/mol. The molecule has 1 fully saturated rings. The van der Waals surface area contributed by atoms with Gasteiger partial charge >= 0.3 is 0 Å². The van der Waals surface area contributed by atoms with Crippen LogP contribution in [0.4, 0.5) is 10.2 Å². The Morgan fingerprint density at radius 3 is 2.84 bits per heavy atom. The molecule has 0 radical (unpaired) electrons. The Balaban J connectivity index is 2.14. The molecule has 5 heteroatoms. The fraction of sp³-hybridized carbons (Fsp3) is 0.714. The third-order valence-corrected chi connectivity index (χ3v) is 3.91. The molecule has 0 bridgehead atoms. The molecule has 0 aromatic carbocycles. The molecule has 1 aliphatic rings. The van der Waals surface area contributed by atoms with Crippen molar-refractivity contribution in [3.63, 3.8) is 0 Å². The minimum Gasteiger partial charge on any atom is -0.396 e. The SMILES string of the molecule is CCc1ncnc(NC2CCCCCC2CO)c1F. The van der Waals surface area contributed by atoms with Crippen LogP contribution >= 0.6 is 0 Å². The van der Waals surface area contributed by atoms with E-state index in [1.807, 2.05) is 6.92 Å². The maximum absolute atomic E-state index is 14.1. The molecular formula is C14H22FN3O. The number of aliphatic hydroxyl groups excluding tert-OH is 1. The topological polar surface area (TPSA) is 58.0 Å². The molecule has 0 aliphatic heterocycles. The van der Waals surface area contributed by atoms with Crippen molar-refractivity contribution < 1.29 is 9.50 Å². The summed E-state index contributed by atoms with van der Waals surface area (Å²) in [6.45, 7) is 2.02. The molecule has 1 aromatic heterocycles. The van der Waals surface area contributed by atoms with Crippen LogP contribution in [0.25, 0.3) is 0 Å². The van der Waals surface area contributed by atoms with Gasteiger partial charge < -0.3 is 10.4 Å². The molecule has 19 heavy (non-hydrogen) atoms. The van der Waals surface area contributed by atoms with E-state index >= 15 is 0 Å². The minimum atomic E-state index is -0.356. The normalized spacial score (nSPS) is 23.9. The number of halogens is 1. The van der Waals surface area contributed by atoms with Gasteiger partial charge in [0.25, 0.3) is 0 Å². The fourth-order valence-corrected chi connectivity index (χ4v) is 2.72. The lowest BCUT2D eigenvalue weighted by molar-refractivity contribution is 0.203. The van der Waals surface area contributed by atoms with Crippen LogP contribution in [0.15, 0.2) is 6.33 Å². The van der Waals surface area contributed by atoms with Gasteiger partial charge in [0.05, 0.1) is 5.69 Å². The number of rotatable bonds is 4. The fourth-order valence-electron chi connectivity index (χ4n) is 2.72. The van der Waals surface area contributed by atoms with Crippen LogP contribution in [0.3, 0.4) is 0 Å². The third kappa shape index (κ3) is 3.41. The van der Waals surface area contributed by atoms with Crippen LogP contribution in [0.5, 0.6) is 0 Å². The van der Waals surface area contributed by atoms with E-state index in [0.29, 0.717) is 12.1 Å². The number of nitrogens with zero attached hydrogens (tertiary/aromatic N) is 2. The molecule has 2 unspecified atom stereocenters. The van der Waals surface area contributed by atoms with Crippen molar-refractivity contribution in [2.75, 3.05) is 11.9 Å². The molecule has 1 saturated carbocycles. The van der Waals surface area contributed by atoms with Gasteiger partial charge in [-0.2, -0.15) is 0 Å². The van der Waals surface area contributed by atoms with Gasteiger partial charge in [-0.1, -0.05) is 26.2 Å². The Hall–Kier alpha value is -1.23. The van der Waals surface area contributed by atoms with Gasteiger partial charge in [-0.15, -0.1) is 0 Å². The van der Waals surface area contributed by atoms with Gasteiger partial charge in [-0.05, 0) is 19.3 Å². The standard InChI is InChI=1S/C14H22FN3O/c1-2-11-13(15)14(17-9-16-11)18-12-7-5-3-4-6-10(12)8-19/h9-10,12,19H,2-8H2,1H3,(H,16,17,18). The van der Waals surface area contributed by atoms with Crippen molar-refractivity contribution in [2.45, 2.75) is 51.5 Å². The van der Waals surface area contributed by atoms with E-state index < -0.39 is 0 Å². The number of aryl methyl sites for hydroxylation is 1. The summed E-state index contributed by atoms with van der Waals surface area (Å²) in [7, 11) is 0. The summed E-state index contributed by atoms with van der Waals surface area (Å²) < 4.78 is 14.1. The second kappa shape index (κ2) is 6.80. The zero-order valence-electron chi connectivity index (χ0n) is 11.4. The van der Waals surface area contributed by atoms with E-state index in [4.69, 9.17) is 0 Å². The second-order valence-corrected chi connectivity index (χ2v) is 5.17. The van der Waals surface area contributed by atoms with E-state index in [1.165, 1.54) is 12.7 Å². The Kier molecular flexibility index (Phi) is 5.07. The van der Waals surface area contributed by atoms with Gasteiger partial charge in [0, 0.05) is 18.6 Å². The van der Waals surface area contributed by atoms with Crippen LogP contribution in [-0.4, -0.2) is 27.7 Å². The number of hydrogen-bond donors (Lipinski definition) is 2. The van der Waals surface area contributed by atoms with Gasteiger partial charge in [0.1, 0.15) is 6.33 Å². The molecule has 1 heterocycles. The first-order chi connectivity index (χ1) is 9.26. The zero-order valence-corrected chi connectivity index (χ0v) is 11.4. The minimum absolute atomic E-state index is 0.0987. The van der Waals surface area contributed by atoms with Crippen molar-refractivity contribution in [1.29, 1.82) is 0 Å². The summed E-state index contributed by atoms with van der Waals surface area (Å²) in [4.78, 5) is 7.93. The number of aromatic nitrogens is 2. The van der Waals surface area contributed by atoms with Gasteiger partial charge in [0.2, 0.25) is 0 Å². The lowest BCUT2D eigenvalue weighted by Gasteiger charge is -2.25. The first-order valence-corrected chi connectivity index (χ1v) is 7.13. The Bertz CT molecular complexity index is 414. The largest absolute Gasteiger partial charge is 0.396 e. The molecule has 2 atom stereocenters. The van der Waals surface area contributed by atoms with E-state index in [-0.39, 0.29) is 30.2 Å². The summed E-state index contributed by atoms with van der Waals surface area (Å²) >= 11 is 0. The predicted molar refractivity (Wildman–Crippen MR) is 72.4 cm³/mol. The van der Waals surface area contributed by atoms with E-state index in [2.05, 4.69) is 15.3 Å². The van der Waals surface area contributed by atoms with Crippen molar-refractivity contribution in [2.24, 2.45) is 5.92 Å². The van der Waals surface area contributed by atoms with Crippen molar-refractivity contribution >= 4 is 5.82 Å². The smallest absolute Gasteiger partial charge is 0.186 e. The van der Waals surface area contributed by atoms with Crippen molar-refractivity contribution in [3.05, 3.63) is 17.8 Å². The number of aliphatic hydroxyl groups is 1. The van der Waals surface area contributed by atoms with Crippen molar-refractivity contribution in [3.8, 4) is 0 Å². The van der Waals surface area contributed by atoms with Gasteiger partial charge in [0.15, 0.2) is 11.6 Å². The molecule has 0 spiro atoms. The molecule has 1 aromatic rings. The highest BCUT2D eigenvalue weighted by Crippen LogP contribution is 2.26. The summed E-state index contributed by atoms with van der Waals surface area (Å²) in [5.41, 5.74) is 0.437. The first kappa shape index (κ1) is 14.2. The molecule has 4 nitrogen and oxygen atoms in total. The summed E-state index contributed by atoms with van der Waals surface area (Å²) in [6.07, 6.45) is 7.32. The summed E-state index contributed by atoms with van der Waals surface area (Å²) in [5.74, 6) is 0.102. The summed E-state index contributed by atoms with van der Waals surface area (Å²) in [6, 6.07) is 0.0987. The average Bonchev–Trinajstić information content (AvgIpc) is 2.66. The average molecular weight is 267 g/mol. The highest BCUT2D eigenvalue weighted by molar-refractivity contribution is 5.38. The number of hydrogen-bond acceptors (Lipinski definition) is 4. The van der Waals surface area contributed by atoms with Gasteiger partial charge in [-0.3, -0.25) is 0 Å². The van der Waals surface area contributed by atoms with Crippen LogP contribution in [0.2, 0.25) is 0 Å². The van der Waals surface area contributed by atoms with Crippen LogP contribution in [-0.2, 0) is 6.42 Å². The molecule has 106 valence electrons. The molecule has 0 amide bonds. The van der Waals surface area contributed by atoms with Crippen LogP contribution < -0.4 is 5.32 Å². The maximum atomic E-state index is 14.1. The predicted octanol–water partition coefficient (Wildman–Crippen LogP) is 2.53. The van der Waals surface area contributed by atoms with Crippen LogP contribution in [0, 0.1) is 11.7 Å². The van der Waals surface area contributed by atoms with E-state index in [9.17, 15) is 9.50 Å². The zero-order chi connectivity index (χ0) is 13.7. The number of nitrogens with one attached hydrogen (secondary N) is 1. The second-order valence-electron chi connectivity index (χ2n) is 5.17. The highest BCUT2D eigenvalue weighted by Gasteiger charge is 2.24. The molecule has 2 rings (SSSR count). The Morgan fingerprint density at radius 2 is 2.11 bits per heavy atom. The first-order valence-electron chi connectivity index (χ1n) is 7.13. The quantitative estimate of drug-likeness (QED) is 0.823. The molecule has 2 N–H and O–H groups in total. The Morgan fingerprint density at radius 1 is 1.32 bits per heavy atom. The highest BCUT2D eigenvalue weighted by atomic mass is 19.1. The van der Waals surface area contributed by atoms with E-state index in [1.54, 1.807) is 0 Å². The molecule has 0 saturated heterocycles. The summed E-state index contributed by atoms with van der Waals surface area (Å²) in [5, 5.41) is 12.6. The maximum Gasteiger partial charge on any atom is 0.186 e. The number of anilines is 1. The Labute approximate surface area is 113 Å². The molecule has 1 aliphatic carbocycles. The van der Waals surface area contributed by atoms with Gasteiger partial charge in [-0.25, -0.2) is 14.4 Å². The third-order valence-electron chi connectivity index (χ3n) is 3.91. The van der Waals surface area contributed by atoms with Crippen molar-refractivity contribution in [1.82, 2.24) is 9.97 Å². The van der Waals surface area contributed by atoms with E-state index in [0.717, 1.165) is 25.7 Å². The lowest BCUT2D eigenvalue weighted by atomic mass is 9.95. The van der Waals surface area contributed by atoms with Crippen LogP contribution in [0.1, 0.15) is 44.7 Å². The lowest BCUT2D eigenvalue weighted by Crippen LogP contribution is -2.31. The molecular weight excluding hydrogens is 245 g/mol.